The summed E-state index contributed by atoms with van der Waals surface area (Å²) < 4.78 is 0. The topological polar surface area (TPSA) is 112 Å². The molecule has 0 saturated heterocycles. The number of nitrogens with zero attached hydrogens (tertiary/aromatic N) is 4. The molecule has 0 fully saturated rings. The Morgan fingerprint density at radius 1 is 1.06 bits per heavy atom. The largest absolute Gasteiger partial charge is 0.300 e. The van der Waals surface area contributed by atoms with Gasteiger partial charge in [0, 0.05) is 0 Å². The Hall–Kier alpha value is -2.37. The Morgan fingerprint density at radius 3 is 1.65 bits per heavy atom. The summed E-state index contributed by atoms with van der Waals surface area (Å²) in [4.78, 5) is 11.6. The molecular weight excluding hydrogens is 216 g/mol. The van der Waals surface area contributed by atoms with Crippen LogP contribution in [0.4, 0.5) is 0 Å². The first-order valence-corrected chi connectivity index (χ1v) is 5.03. The molecule has 0 bridgehead atoms. The highest BCUT2D eigenvalue weighted by atomic mass is 16.1. The molecule has 0 aliphatic rings. The average Bonchev–Trinajstić information content (AvgIpc) is 2.27. The van der Waals surface area contributed by atoms with Gasteiger partial charge < -0.3 is 0 Å². The maximum Gasteiger partial charge on any atom is 0.182 e. The molecule has 0 amide bonds. The highest BCUT2D eigenvalue weighted by Gasteiger charge is 2.51. The molecule has 1 atom stereocenters. The van der Waals surface area contributed by atoms with E-state index >= 15 is 0 Å². The van der Waals surface area contributed by atoms with E-state index in [9.17, 15) is 4.79 Å². The normalized spacial score (nSPS) is 12.1. The molecule has 0 N–H and O–H groups in total. The first kappa shape index (κ1) is 14.6. The van der Waals surface area contributed by atoms with Crippen molar-refractivity contribution in [3.63, 3.8) is 0 Å². The van der Waals surface area contributed by atoms with E-state index in [1.807, 2.05) is 0 Å². The number of carbonyl (C=O) groups excluding carboxylic acids is 1. The van der Waals surface area contributed by atoms with Crippen molar-refractivity contribution >= 4 is 5.78 Å². The van der Waals surface area contributed by atoms with Gasteiger partial charge in [-0.3, -0.25) is 4.79 Å². The van der Waals surface area contributed by atoms with Crippen LogP contribution in [0, 0.1) is 68.5 Å². The van der Waals surface area contributed by atoms with E-state index in [4.69, 9.17) is 21.0 Å². The molecule has 5 heteroatoms. The van der Waals surface area contributed by atoms with Crippen molar-refractivity contribution in [3.8, 4) is 24.3 Å². The van der Waals surface area contributed by atoms with Gasteiger partial charge in [0.1, 0.15) is 5.78 Å². The molecule has 0 spiro atoms. The lowest BCUT2D eigenvalue weighted by molar-refractivity contribution is -0.124. The Morgan fingerprint density at radius 2 is 1.47 bits per heavy atom. The highest BCUT2D eigenvalue weighted by molar-refractivity contribution is 5.81. The van der Waals surface area contributed by atoms with Gasteiger partial charge >= 0.3 is 0 Å². The van der Waals surface area contributed by atoms with Crippen molar-refractivity contribution < 1.29 is 4.79 Å². The van der Waals surface area contributed by atoms with Crippen molar-refractivity contribution in [2.75, 3.05) is 0 Å². The Bertz CT molecular complexity index is 439. The molecule has 0 unspecified atom stereocenters. The van der Waals surface area contributed by atoms with Crippen molar-refractivity contribution in [2.24, 2.45) is 23.2 Å². The molecule has 17 heavy (non-hydrogen) atoms. The second-order valence-electron chi connectivity index (χ2n) is 4.12. The van der Waals surface area contributed by atoms with E-state index in [1.165, 1.54) is 6.92 Å². The fourth-order valence-corrected chi connectivity index (χ4v) is 2.02. The van der Waals surface area contributed by atoms with Crippen LogP contribution in [0.15, 0.2) is 0 Å². The molecule has 0 heterocycles. The van der Waals surface area contributed by atoms with Gasteiger partial charge in [-0.1, -0.05) is 13.8 Å². The van der Waals surface area contributed by atoms with Gasteiger partial charge in [0.15, 0.2) is 11.3 Å². The van der Waals surface area contributed by atoms with Crippen molar-refractivity contribution in [2.45, 2.75) is 20.8 Å². The van der Waals surface area contributed by atoms with E-state index in [0.29, 0.717) is 0 Å². The molecule has 0 rings (SSSR count). The van der Waals surface area contributed by atoms with E-state index in [0.717, 1.165) is 0 Å². The third-order valence-corrected chi connectivity index (χ3v) is 2.68. The van der Waals surface area contributed by atoms with Crippen LogP contribution in [-0.2, 0) is 4.79 Å². The van der Waals surface area contributed by atoms with Gasteiger partial charge in [-0.25, -0.2) is 0 Å². The lowest BCUT2D eigenvalue weighted by Gasteiger charge is -2.30. The molecule has 0 aliphatic carbocycles. The molecule has 0 aromatic heterocycles. The number of carbonyl (C=O) groups is 1. The summed E-state index contributed by atoms with van der Waals surface area (Å²) in [6.45, 7) is 4.63. The standard InChI is InChI=1S/C12H12N4O/c1-8(2)11(9(3)17)12(6-15,7-16)10(4-13)5-14/h8,10-11H,1-3H3/t11-/m0/s1. The number of nitriles is 4. The predicted octanol–water partition coefficient (Wildman–Crippen LogP) is 1.54. The molecule has 5 nitrogen and oxygen atoms in total. The van der Waals surface area contributed by atoms with E-state index in [2.05, 4.69) is 0 Å². The van der Waals surface area contributed by atoms with Crippen LogP contribution in [0.3, 0.4) is 0 Å². The second-order valence-corrected chi connectivity index (χ2v) is 4.12. The summed E-state index contributed by atoms with van der Waals surface area (Å²) >= 11 is 0. The lowest BCUT2D eigenvalue weighted by atomic mass is 9.64. The van der Waals surface area contributed by atoms with Crippen molar-refractivity contribution in [1.82, 2.24) is 0 Å². The average molecular weight is 228 g/mol. The maximum absolute atomic E-state index is 11.6. The maximum atomic E-state index is 11.6. The molecule has 0 radical (unpaired) electrons. The predicted molar refractivity (Wildman–Crippen MR) is 57.4 cm³/mol. The van der Waals surface area contributed by atoms with Crippen LogP contribution in [0.5, 0.6) is 0 Å². The van der Waals surface area contributed by atoms with Crippen LogP contribution >= 0.6 is 0 Å². The zero-order valence-corrected chi connectivity index (χ0v) is 9.93. The SMILES string of the molecule is CC(=O)[C@H](C(C)C)C(C#N)(C#N)C(C#N)C#N. The summed E-state index contributed by atoms with van der Waals surface area (Å²) in [5.74, 6) is -3.04. The van der Waals surface area contributed by atoms with Gasteiger partial charge in [-0.15, -0.1) is 0 Å². The summed E-state index contributed by atoms with van der Waals surface area (Å²) in [5, 5.41) is 36.0. The first-order valence-electron chi connectivity index (χ1n) is 5.03. The second kappa shape index (κ2) is 5.64. The third kappa shape index (κ3) is 2.41. The number of hydrogen-bond donors (Lipinski definition) is 0. The molecule has 86 valence electrons. The Labute approximate surface area is 100 Å². The van der Waals surface area contributed by atoms with Gasteiger partial charge in [-0.05, 0) is 12.8 Å². The highest BCUT2D eigenvalue weighted by Crippen LogP contribution is 2.39. The van der Waals surface area contributed by atoms with Gasteiger partial charge in [0.2, 0.25) is 0 Å². The minimum atomic E-state index is -1.90. The van der Waals surface area contributed by atoms with E-state index < -0.39 is 17.3 Å². The van der Waals surface area contributed by atoms with Crippen LogP contribution in [0.2, 0.25) is 0 Å². The lowest BCUT2D eigenvalue weighted by Crippen LogP contribution is -2.41. The molecule has 0 aromatic carbocycles. The minimum absolute atomic E-state index is 0.295. The third-order valence-electron chi connectivity index (χ3n) is 2.68. The van der Waals surface area contributed by atoms with E-state index in [1.54, 1.807) is 38.1 Å². The zero-order chi connectivity index (χ0) is 13.6. The minimum Gasteiger partial charge on any atom is -0.300 e. The van der Waals surface area contributed by atoms with Crippen molar-refractivity contribution in [1.29, 1.82) is 21.0 Å². The zero-order valence-electron chi connectivity index (χ0n) is 9.93. The van der Waals surface area contributed by atoms with Gasteiger partial charge in [-0.2, -0.15) is 21.0 Å². The quantitative estimate of drug-likeness (QED) is 0.724. The fourth-order valence-electron chi connectivity index (χ4n) is 2.02. The Balaban J connectivity index is 5.93. The van der Waals surface area contributed by atoms with Crippen LogP contribution in [-0.4, -0.2) is 5.78 Å². The first-order chi connectivity index (χ1) is 7.91. The molecule has 0 aromatic rings. The van der Waals surface area contributed by atoms with Crippen molar-refractivity contribution in [3.05, 3.63) is 0 Å². The van der Waals surface area contributed by atoms with Crippen LogP contribution in [0.1, 0.15) is 20.8 Å². The summed E-state index contributed by atoms with van der Waals surface area (Å²) in [6.07, 6.45) is 0. The molecule has 0 aliphatic heterocycles. The number of ketones is 1. The molecule has 0 saturated carbocycles. The number of Topliss-reactive ketones (excluding diaryl/α,β-unsaturated/α-hetero) is 1. The summed E-state index contributed by atoms with van der Waals surface area (Å²) in [7, 11) is 0. The summed E-state index contributed by atoms with van der Waals surface area (Å²) in [6, 6.07) is 6.66. The fraction of sp³-hybridized carbons (Fsp3) is 0.583. The molecular formula is C12H12N4O. The Kier molecular flexibility index (Phi) is 4.86. The smallest absolute Gasteiger partial charge is 0.182 e. The monoisotopic (exact) mass is 228 g/mol. The van der Waals surface area contributed by atoms with E-state index in [-0.39, 0.29) is 11.7 Å². The van der Waals surface area contributed by atoms with Gasteiger partial charge in [0.25, 0.3) is 0 Å². The number of rotatable bonds is 4. The van der Waals surface area contributed by atoms with Gasteiger partial charge in [0.05, 0.1) is 30.2 Å². The van der Waals surface area contributed by atoms with Crippen LogP contribution in [0.25, 0.3) is 0 Å². The van der Waals surface area contributed by atoms with Crippen LogP contribution < -0.4 is 0 Å². The summed E-state index contributed by atoms with van der Waals surface area (Å²) in [5.41, 5.74) is -1.90. The number of hydrogen-bond acceptors (Lipinski definition) is 5.